The van der Waals surface area contributed by atoms with Crippen molar-refractivity contribution in [2.24, 2.45) is 5.92 Å². The summed E-state index contributed by atoms with van der Waals surface area (Å²) in [6.07, 6.45) is 6.83. The van der Waals surface area contributed by atoms with Crippen LogP contribution in [0.5, 0.6) is 0 Å². The summed E-state index contributed by atoms with van der Waals surface area (Å²) in [6.45, 7) is 1.19. The van der Waals surface area contributed by atoms with Crippen molar-refractivity contribution in [2.45, 2.75) is 56.7 Å². The van der Waals surface area contributed by atoms with Gasteiger partial charge in [-0.1, -0.05) is 5.16 Å². The number of H-pyrrole nitrogens is 1. The van der Waals surface area contributed by atoms with Crippen molar-refractivity contribution in [3.8, 4) is 0 Å². The van der Waals surface area contributed by atoms with E-state index in [1.165, 1.54) is 19.3 Å². The van der Waals surface area contributed by atoms with Crippen molar-refractivity contribution in [1.82, 2.24) is 15.0 Å². The van der Waals surface area contributed by atoms with Crippen molar-refractivity contribution in [2.75, 3.05) is 13.1 Å². The molecule has 120 valence electrons. The van der Waals surface area contributed by atoms with Crippen LogP contribution in [-0.4, -0.2) is 46.2 Å². The van der Waals surface area contributed by atoms with Gasteiger partial charge in [-0.25, -0.2) is 4.79 Å². The first-order valence-corrected chi connectivity index (χ1v) is 8.18. The fourth-order valence-electron chi connectivity index (χ4n) is 3.49. The molecule has 0 spiro atoms. The van der Waals surface area contributed by atoms with Crippen molar-refractivity contribution in [1.29, 1.82) is 0 Å². The first-order valence-electron chi connectivity index (χ1n) is 8.18. The maximum absolute atomic E-state index is 12.3. The third-order valence-corrected chi connectivity index (χ3v) is 5.01. The number of aromatic amines is 1. The van der Waals surface area contributed by atoms with Gasteiger partial charge in [0.1, 0.15) is 0 Å². The highest BCUT2D eigenvalue weighted by atomic mass is 16.5. The quantitative estimate of drug-likeness (QED) is 0.897. The highest BCUT2D eigenvalue weighted by Crippen LogP contribution is 2.40. The fourth-order valence-corrected chi connectivity index (χ4v) is 3.49. The first-order chi connectivity index (χ1) is 10.7. The Bertz CT molecular complexity index is 600. The van der Waals surface area contributed by atoms with Gasteiger partial charge >= 0.3 is 5.76 Å². The van der Waals surface area contributed by atoms with Gasteiger partial charge in [-0.2, -0.15) is 0 Å². The monoisotopic (exact) mass is 307 g/mol. The summed E-state index contributed by atoms with van der Waals surface area (Å²) in [5, 5.41) is 3.68. The minimum Gasteiger partial charge on any atom is -0.374 e. The van der Waals surface area contributed by atoms with E-state index in [-0.39, 0.29) is 17.9 Å². The summed E-state index contributed by atoms with van der Waals surface area (Å²) in [5.74, 6) is 0.971. The van der Waals surface area contributed by atoms with E-state index in [2.05, 4.69) is 14.7 Å². The molecule has 1 aromatic rings. The van der Waals surface area contributed by atoms with Crippen LogP contribution >= 0.6 is 0 Å². The number of rotatable bonds is 4. The van der Waals surface area contributed by atoms with Gasteiger partial charge in [0.2, 0.25) is 5.91 Å². The summed E-state index contributed by atoms with van der Waals surface area (Å²) in [5.41, 5.74) is 0. The van der Waals surface area contributed by atoms with Gasteiger partial charge in [0.25, 0.3) is 0 Å². The number of likely N-dealkylation sites (tertiary alicyclic amines) is 1. The van der Waals surface area contributed by atoms with Gasteiger partial charge in [-0.3, -0.25) is 14.3 Å². The van der Waals surface area contributed by atoms with Crippen LogP contribution in [-0.2, 0) is 9.53 Å². The molecule has 2 saturated heterocycles. The van der Waals surface area contributed by atoms with Crippen LogP contribution in [0.3, 0.4) is 0 Å². The Morgan fingerprint density at radius 3 is 2.77 bits per heavy atom. The summed E-state index contributed by atoms with van der Waals surface area (Å²) >= 11 is 0. The third-order valence-electron chi connectivity index (χ3n) is 5.01. The van der Waals surface area contributed by atoms with E-state index in [1.54, 1.807) is 0 Å². The SMILES string of the molecule is O=C(C[C@@H]1CCC[C@H](C2CC2)O1)N1CC(c2noc(=O)[nH]2)C1. The predicted molar refractivity (Wildman–Crippen MR) is 76.3 cm³/mol. The molecule has 3 heterocycles. The molecule has 22 heavy (non-hydrogen) atoms. The largest absolute Gasteiger partial charge is 0.438 e. The second-order valence-electron chi connectivity index (χ2n) is 6.74. The highest BCUT2D eigenvalue weighted by molar-refractivity contribution is 5.77. The molecule has 0 unspecified atom stereocenters. The predicted octanol–water partition coefficient (Wildman–Crippen LogP) is 1.03. The van der Waals surface area contributed by atoms with Crippen LogP contribution in [0.25, 0.3) is 0 Å². The molecular formula is C15H21N3O4. The van der Waals surface area contributed by atoms with Gasteiger partial charge in [0.05, 0.1) is 24.5 Å². The van der Waals surface area contributed by atoms with E-state index >= 15 is 0 Å². The van der Waals surface area contributed by atoms with Crippen LogP contribution in [0.4, 0.5) is 0 Å². The Labute approximate surface area is 128 Å². The van der Waals surface area contributed by atoms with Gasteiger partial charge < -0.3 is 9.64 Å². The number of amides is 1. The minimum atomic E-state index is -0.540. The van der Waals surface area contributed by atoms with Gasteiger partial charge in [0, 0.05) is 13.1 Å². The lowest BCUT2D eigenvalue weighted by atomic mass is 9.96. The minimum absolute atomic E-state index is 0.0813. The van der Waals surface area contributed by atoms with Crippen molar-refractivity contribution in [3.63, 3.8) is 0 Å². The van der Waals surface area contributed by atoms with Crippen molar-refractivity contribution in [3.05, 3.63) is 16.4 Å². The number of carbonyl (C=O) groups is 1. The lowest BCUT2D eigenvalue weighted by molar-refractivity contribution is -0.142. The van der Waals surface area contributed by atoms with E-state index in [0.29, 0.717) is 31.4 Å². The molecule has 1 saturated carbocycles. The molecule has 1 N–H and O–H groups in total. The number of hydrogen-bond donors (Lipinski definition) is 1. The molecule has 7 nitrogen and oxygen atoms in total. The smallest absolute Gasteiger partial charge is 0.374 e. The number of nitrogens with one attached hydrogen (secondary N) is 1. The molecular weight excluding hydrogens is 286 g/mol. The molecule has 1 aliphatic carbocycles. The molecule has 0 bridgehead atoms. The summed E-state index contributed by atoms with van der Waals surface area (Å²) < 4.78 is 10.6. The number of carbonyl (C=O) groups excluding carboxylic acids is 1. The van der Waals surface area contributed by atoms with Crippen molar-refractivity contribution >= 4 is 5.91 Å². The molecule has 2 atom stereocenters. The maximum Gasteiger partial charge on any atom is 0.438 e. The van der Waals surface area contributed by atoms with E-state index < -0.39 is 5.76 Å². The molecule has 1 aromatic heterocycles. The Balaban J connectivity index is 1.26. The van der Waals surface area contributed by atoms with Crippen LogP contribution in [0.15, 0.2) is 9.32 Å². The number of aromatic nitrogens is 2. The average molecular weight is 307 g/mol. The maximum atomic E-state index is 12.3. The summed E-state index contributed by atoms with van der Waals surface area (Å²) in [7, 11) is 0. The zero-order chi connectivity index (χ0) is 15.1. The number of hydrogen-bond acceptors (Lipinski definition) is 5. The van der Waals surface area contributed by atoms with E-state index in [0.717, 1.165) is 18.8 Å². The van der Waals surface area contributed by atoms with Crippen molar-refractivity contribution < 1.29 is 14.1 Å². The molecule has 1 amide bonds. The van der Waals surface area contributed by atoms with Crippen LogP contribution in [0.1, 0.15) is 50.3 Å². The Hall–Kier alpha value is -1.63. The first kappa shape index (κ1) is 14.0. The summed E-state index contributed by atoms with van der Waals surface area (Å²) in [4.78, 5) is 27.6. The summed E-state index contributed by atoms with van der Waals surface area (Å²) in [6, 6.07) is 0. The molecule has 0 radical (unpaired) electrons. The van der Waals surface area contributed by atoms with E-state index in [9.17, 15) is 9.59 Å². The molecule has 2 aliphatic heterocycles. The van der Waals surface area contributed by atoms with Gasteiger partial charge in [0.15, 0.2) is 5.82 Å². The Kier molecular flexibility index (Phi) is 3.52. The standard InChI is InChI=1S/C15H21N3O4/c19-13(6-11-2-1-3-12(21-11)9-4-5-9)18-7-10(8-18)14-16-15(20)22-17-14/h9-12H,1-8H2,(H,16,17,20)/t11-,12+/m0/s1. The molecule has 0 aromatic carbocycles. The second kappa shape index (κ2) is 5.53. The van der Waals surface area contributed by atoms with E-state index in [1.807, 2.05) is 4.90 Å². The third kappa shape index (κ3) is 2.82. The molecule has 3 aliphatic rings. The average Bonchev–Trinajstić information content (AvgIpc) is 3.21. The Morgan fingerprint density at radius 1 is 1.27 bits per heavy atom. The molecule has 4 rings (SSSR count). The zero-order valence-electron chi connectivity index (χ0n) is 12.5. The van der Waals surface area contributed by atoms with Crippen LogP contribution in [0.2, 0.25) is 0 Å². The lowest BCUT2D eigenvalue weighted by Gasteiger charge is -2.39. The Morgan fingerprint density at radius 2 is 2.09 bits per heavy atom. The molecule has 3 fully saturated rings. The molecule has 7 heteroatoms. The van der Waals surface area contributed by atoms with Gasteiger partial charge in [-0.15, -0.1) is 0 Å². The van der Waals surface area contributed by atoms with E-state index in [4.69, 9.17) is 4.74 Å². The lowest BCUT2D eigenvalue weighted by Crippen LogP contribution is -2.50. The fraction of sp³-hybridized carbons (Fsp3) is 0.800. The van der Waals surface area contributed by atoms with Crippen LogP contribution in [0, 0.1) is 5.92 Å². The van der Waals surface area contributed by atoms with Crippen LogP contribution < -0.4 is 5.76 Å². The van der Waals surface area contributed by atoms with Gasteiger partial charge in [-0.05, 0) is 38.0 Å². The second-order valence-corrected chi connectivity index (χ2v) is 6.74. The zero-order valence-corrected chi connectivity index (χ0v) is 12.5. The topological polar surface area (TPSA) is 88.4 Å². The number of nitrogens with zero attached hydrogens (tertiary/aromatic N) is 2. The normalized spacial score (nSPS) is 29.4. The number of ether oxygens (including phenoxy) is 1. The highest BCUT2D eigenvalue weighted by Gasteiger charge is 2.38.